The summed E-state index contributed by atoms with van der Waals surface area (Å²) in [5, 5.41) is 3.59. The fourth-order valence-electron chi connectivity index (χ4n) is 2.50. The topological polar surface area (TPSA) is 29.1 Å². The number of nitrogens with one attached hydrogen (secondary N) is 1. The minimum atomic E-state index is -0.439. The summed E-state index contributed by atoms with van der Waals surface area (Å²) >= 11 is 5.95. The lowest BCUT2D eigenvalue weighted by molar-refractivity contribution is 0.0942. The minimum absolute atomic E-state index is 0.282. The molecule has 0 aromatic heterocycles. The van der Waals surface area contributed by atoms with E-state index in [2.05, 4.69) is 5.32 Å². The molecule has 0 saturated carbocycles. The second kappa shape index (κ2) is 7.28. The van der Waals surface area contributed by atoms with Crippen LogP contribution in [0.3, 0.4) is 0 Å². The molecule has 0 aliphatic carbocycles. The third kappa shape index (κ3) is 3.81. The predicted octanol–water partition coefficient (Wildman–Crippen LogP) is 5.00. The molecule has 0 aliphatic rings. The van der Waals surface area contributed by atoms with E-state index in [-0.39, 0.29) is 17.5 Å². The first-order valence-corrected chi connectivity index (χ1v) is 7.88. The predicted molar refractivity (Wildman–Crippen MR) is 93.6 cm³/mol. The average Bonchev–Trinajstić information content (AvgIpc) is 2.61. The number of amides is 1. The van der Waals surface area contributed by atoms with E-state index >= 15 is 0 Å². The first kappa shape index (κ1) is 16.2. The van der Waals surface area contributed by atoms with Crippen molar-refractivity contribution in [1.82, 2.24) is 5.32 Å². The summed E-state index contributed by atoms with van der Waals surface area (Å²) in [7, 11) is 0. The Morgan fingerprint density at radius 2 is 1.54 bits per heavy atom. The fraction of sp³-hybridized carbons (Fsp3) is 0.0500. The van der Waals surface area contributed by atoms with Crippen LogP contribution in [-0.2, 0) is 0 Å². The van der Waals surface area contributed by atoms with Gasteiger partial charge in [-0.3, -0.25) is 4.79 Å². The second-order valence-electron chi connectivity index (χ2n) is 5.38. The molecule has 0 fully saturated rings. The molecule has 1 unspecified atom stereocenters. The van der Waals surface area contributed by atoms with Gasteiger partial charge >= 0.3 is 0 Å². The van der Waals surface area contributed by atoms with Gasteiger partial charge in [-0.05, 0) is 41.5 Å². The van der Waals surface area contributed by atoms with Crippen molar-refractivity contribution in [2.24, 2.45) is 0 Å². The third-order valence-corrected chi connectivity index (χ3v) is 3.95. The molecule has 0 radical (unpaired) electrons. The molecule has 24 heavy (non-hydrogen) atoms. The molecule has 120 valence electrons. The van der Waals surface area contributed by atoms with Crippen molar-refractivity contribution in [3.63, 3.8) is 0 Å². The van der Waals surface area contributed by atoms with Gasteiger partial charge in [0, 0.05) is 10.6 Å². The molecule has 1 amide bonds. The zero-order chi connectivity index (χ0) is 16.9. The number of hydrogen-bond acceptors (Lipinski definition) is 1. The number of hydrogen-bond donors (Lipinski definition) is 1. The molecular weight excluding hydrogens is 325 g/mol. The summed E-state index contributed by atoms with van der Waals surface area (Å²) in [4.78, 5) is 12.5. The van der Waals surface area contributed by atoms with Crippen LogP contribution in [0.2, 0.25) is 5.02 Å². The first-order chi connectivity index (χ1) is 11.6. The first-order valence-electron chi connectivity index (χ1n) is 7.50. The van der Waals surface area contributed by atoms with E-state index in [4.69, 9.17) is 11.6 Å². The molecule has 0 aliphatic heterocycles. The molecule has 3 aromatic carbocycles. The molecule has 1 N–H and O–H groups in total. The van der Waals surface area contributed by atoms with Crippen LogP contribution >= 0.6 is 11.6 Å². The minimum Gasteiger partial charge on any atom is -0.341 e. The van der Waals surface area contributed by atoms with E-state index in [1.807, 2.05) is 42.5 Å². The number of benzene rings is 3. The molecule has 0 saturated heterocycles. The lowest BCUT2D eigenvalue weighted by atomic mass is 9.98. The van der Waals surface area contributed by atoms with Crippen LogP contribution in [0.25, 0.3) is 0 Å². The van der Waals surface area contributed by atoms with Crippen LogP contribution in [0, 0.1) is 5.82 Å². The van der Waals surface area contributed by atoms with E-state index in [0.717, 1.165) is 11.1 Å². The number of carbonyl (C=O) groups excluding carboxylic acids is 1. The molecule has 0 bridgehead atoms. The Bertz CT molecular complexity index is 834. The van der Waals surface area contributed by atoms with Gasteiger partial charge in [0.05, 0.1) is 6.04 Å². The molecule has 1 atom stereocenters. The van der Waals surface area contributed by atoms with Gasteiger partial charge in [-0.2, -0.15) is 0 Å². The molecule has 3 aromatic rings. The van der Waals surface area contributed by atoms with Crippen molar-refractivity contribution >= 4 is 17.5 Å². The van der Waals surface area contributed by atoms with Gasteiger partial charge in [-0.15, -0.1) is 0 Å². The lowest BCUT2D eigenvalue weighted by Gasteiger charge is -2.20. The van der Waals surface area contributed by atoms with Gasteiger partial charge < -0.3 is 5.32 Å². The largest absolute Gasteiger partial charge is 0.341 e. The van der Waals surface area contributed by atoms with Crippen LogP contribution in [-0.4, -0.2) is 5.91 Å². The van der Waals surface area contributed by atoms with E-state index in [0.29, 0.717) is 5.02 Å². The van der Waals surface area contributed by atoms with E-state index < -0.39 is 5.82 Å². The van der Waals surface area contributed by atoms with Gasteiger partial charge in [-0.25, -0.2) is 4.39 Å². The standard InChI is InChI=1S/C20H15ClFNO/c21-17-11-9-15(10-12-17)19(14-5-2-1-3-6-14)23-20(24)16-7-4-8-18(22)13-16/h1-13,19H,(H,23,24). The van der Waals surface area contributed by atoms with Crippen LogP contribution < -0.4 is 5.32 Å². The highest BCUT2D eigenvalue weighted by molar-refractivity contribution is 6.30. The summed E-state index contributed by atoms with van der Waals surface area (Å²) in [6.45, 7) is 0. The molecule has 4 heteroatoms. The van der Waals surface area contributed by atoms with Crippen molar-refractivity contribution in [3.8, 4) is 0 Å². The smallest absolute Gasteiger partial charge is 0.252 e. The maximum absolute atomic E-state index is 13.4. The summed E-state index contributed by atoms with van der Waals surface area (Å²) in [5.41, 5.74) is 2.12. The molecular formula is C20H15ClFNO. The highest BCUT2D eigenvalue weighted by Gasteiger charge is 2.18. The van der Waals surface area contributed by atoms with Crippen LogP contribution in [0.1, 0.15) is 27.5 Å². The molecule has 0 spiro atoms. The summed E-state index contributed by atoms with van der Waals surface area (Å²) < 4.78 is 13.4. The van der Waals surface area contributed by atoms with E-state index in [1.54, 1.807) is 18.2 Å². The summed E-state index contributed by atoms with van der Waals surface area (Å²) in [6, 6.07) is 22.2. The molecule has 3 rings (SSSR count). The van der Waals surface area contributed by atoms with Crippen LogP contribution in [0.4, 0.5) is 4.39 Å². The lowest BCUT2D eigenvalue weighted by Crippen LogP contribution is -2.29. The Hall–Kier alpha value is -2.65. The average molecular weight is 340 g/mol. The second-order valence-corrected chi connectivity index (χ2v) is 5.82. The maximum atomic E-state index is 13.4. The summed E-state index contributed by atoms with van der Waals surface area (Å²) in [5.74, 6) is -0.774. The van der Waals surface area contributed by atoms with Crippen molar-refractivity contribution in [1.29, 1.82) is 0 Å². The van der Waals surface area contributed by atoms with E-state index in [9.17, 15) is 9.18 Å². The molecule has 0 heterocycles. The summed E-state index contributed by atoms with van der Waals surface area (Å²) in [6.07, 6.45) is 0. The quantitative estimate of drug-likeness (QED) is 0.712. The molecule has 2 nitrogen and oxygen atoms in total. The van der Waals surface area contributed by atoms with Crippen molar-refractivity contribution < 1.29 is 9.18 Å². The van der Waals surface area contributed by atoms with Crippen molar-refractivity contribution in [2.75, 3.05) is 0 Å². The van der Waals surface area contributed by atoms with Gasteiger partial charge in [0.1, 0.15) is 5.82 Å². The van der Waals surface area contributed by atoms with E-state index in [1.165, 1.54) is 18.2 Å². The Kier molecular flexibility index (Phi) is 4.92. The van der Waals surface area contributed by atoms with Gasteiger partial charge in [0.2, 0.25) is 0 Å². The third-order valence-electron chi connectivity index (χ3n) is 3.70. The Labute approximate surface area is 144 Å². The Balaban J connectivity index is 1.93. The number of halogens is 2. The monoisotopic (exact) mass is 339 g/mol. The maximum Gasteiger partial charge on any atom is 0.252 e. The van der Waals surface area contributed by atoms with Crippen molar-refractivity contribution in [2.45, 2.75) is 6.04 Å². The Morgan fingerprint density at radius 1 is 0.875 bits per heavy atom. The Morgan fingerprint density at radius 3 is 2.21 bits per heavy atom. The zero-order valence-corrected chi connectivity index (χ0v) is 13.5. The van der Waals surface area contributed by atoms with Gasteiger partial charge in [0.25, 0.3) is 5.91 Å². The normalized spacial score (nSPS) is 11.8. The highest BCUT2D eigenvalue weighted by Crippen LogP contribution is 2.24. The SMILES string of the molecule is O=C(NC(c1ccccc1)c1ccc(Cl)cc1)c1cccc(F)c1. The fourth-order valence-corrected chi connectivity index (χ4v) is 2.63. The van der Waals surface area contributed by atoms with Crippen molar-refractivity contribution in [3.05, 3.63) is 106 Å². The van der Waals surface area contributed by atoms with Crippen LogP contribution in [0.5, 0.6) is 0 Å². The van der Waals surface area contributed by atoms with Crippen LogP contribution in [0.15, 0.2) is 78.9 Å². The van der Waals surface area contributed by atoms with Gasteiger partial charge in [0.15, 0.2) is 0 Å². The highest BCUT2D eigenvalue weighted by atomic mass is 35.5. The zero-order valence-electron chi connectivity index (χ0n) is 12.7. The number of carbonyl (C=O) groups is 1. The van der Waals surface area contributed by atoms with Gasteiger partial charge in [-0.1, -0.05) is 60.1 Å². The number of rotatable bonds is 4.